The first-order valence-electron chi connectivity index (χ1n) is 7.80. The van der Waals surface area contributed by atoms with Gasteiger partial charge in [0.25, 0.3) is 0 Å². The zero-order valence-corrected chi connectivity index (χ0v) is 13.5. The van der Waals surface area contributed by atoms with Crippen LogP contribution in [0.25, 0.3) is 0 Å². The van der Waals surface area contributed by atoms with Crippen LogP contribution in [0.1, 0.15) is 24.0 Å². The largest absolute Gasteiger partial charge is 0.383 e. The minimum Gasteiger partial charge on any atom is -0.383 e. The molecule has 0 bridgehead atoms. The molecule has 2 rings (SSSR count). The van der Waals surface area contributed by atoms with Gasteiger partial charge in [-0.3, -0.25) is 0 Å². The van der Waals surface area contributed by atoms with Crippen molar-refractivity contribution in [1.82, 2.24) is 5.32 Å². The van der Waals surface area contributed by atoms with Crippen molar-refractivity contribution >= 4 is 5.69 Å². The summed E-state index contributed by atoms with van der Waals surface area (Å²) in [6.07, 6.45) is 2.66. The van der Waals surface area contributed by atoms with Crippen molar-refractivity contribution in [1.29, 1.82) is 0 Å². The molecule has 118 valence electrons. The molecule has 0 heterocycles. The van der Waals surface area contributed by atoms with Gasteiger partial charge in [0.1, 0.15) is 0 Å². The van der Waals surface area contributed by atoms with E-state index >= 15 is 0 Å². The number of nitrogens with one attached hydrogen (secondary N) is 1. The van der Waals surface area contributed by atoms with E-state index in [9.17, 15) is 0 Å². The van der Waals surface area contributed by atoms with Gasteiger partial charge in [-0.1, -0.05) is 6.07 Å². The first-order valence-corrected chi connectivity index (χ1v) is 7.80. The second-order valence-corrected chi connectivity index (χ2v) is 5.74. The van der Waals surface area contributed by atoms with Gasteiger partial charge < -0.3 is 19.7 Å². The monoisotopic (exact) mass is 292 g/mol. The molecule has 0 spiro atoms. The molecule has 1 aliphatic rings. The normalized spacial score (nSPS) is 14.4. The van der Waals surface area contributed by atoms with Crippen molar-refractivity contribution in [3.8, 4) is 0 Å². The van der Waals surface area contributed by atoms with Gasteiger partial charge in [0.15, 0.2) is 0 Å². The van der Waals surface area contributed by atoms with Gasteiger partial charge in [-0.2, -0.15) is 0 Å². The molecule has 0 amide bonds. The Kier molecular flexibility index (Phi) is 6.49. The lowest BCUT2D eigenvalue weighted by Crippen LogP contribution is -2.30. The van der Waals surface area contributed by atoms with Crippen LogP contribution in [0.15, 0.2) is 18.2 Å². The Hall–Kier alpha value is -1.10. The van der Waals surface area contributed by atoms with E-state index in [4.69, 9.17) is 9.47 Å². The van der Waals surface area contributed by atoms with Crippen LogP contribution < -0.4 is 10.2 Å². The molecule has 0 atom stereocenters. The van der Waals surface area contributed by atoms with Crippen LogP contribution in [-0.4, -0.2) is 46.6 Å². The summed E-state index contributed by atoms with van der Waals surface area (Å²) in [6, 6.07) is 7.48. The zero-order valence-electron chi connectivity index (χ0n) is 13.5. The molecular formula is C17H28N2O2. The summed E-state index contributed by atoms with van der Waals surface area (Å²) < 4.78 is 10.4. The molecule has 1 N–H and O–H groups in total. The lowest BCUT2D eigenvalue weighted by molar-refractivity contribution is 0.190. The van der Waals surface area contributed by atoms with Crippen LogP contribution in [0.4, 0.5) is 5.69 Å². The SMILES string of the molecule is COCCN(CCOC)c1ccc(CNC2CC2)c(C)c1. The first-order chi connectivity index (χ1) is 10.2. The van der Waals surface area contributed by atoms with Gasteiger partial charge >= 0.3 is 0 Å². The molecule has 0 unspecified atom stereocenters. The molecule has 1 aromatic carbocycles. The van der Waals surface area contributed by atoms with E-state index in [1.807, 2.05) is 0 Å². The fraction of sp³-hybridized carbons (Fsp3) is 0.647. The van der Waals surface area contributed by atoms with E-state index in [-0.39, 0.29) is 0 Å². The van der Waals surface area contributed by atoms with Gasteiger partial charge in [0.05, 0.1) is 13.2 Å². The maximum absolute atomic E-state index is 5.21. The minimum absolute atomic E-state index is 0.730. The van der Waals surface area contributed by atoms with Crippen molar-refractivity contribution in [2.24, 2.45) is 0 Å². The molecule has 1 fully saturated rings. The Morgan fingerprint density at radius 1 is 1.14 bits per heavy atom. The smallest absolute Gasteiger partial charge is 0.0637 e. The lowest BCUT2D eigenvalue weighted by Gasteiger charge is -2.25. The Labute approximate surface area is 128 Å². The Morgan fingerprint density at radius 3 is 2.33 bits per heavy atom. The molecule has 1 aromatic rings. The van der Waals surface area contributed by atoms with Crippen molar-refractivity contribution in [3.05, 3.63) is 29.3 Å². The number of hydrogen-bond donors (Lipinski definition) is 1. The Morgan fingerprint density at radius 2 is 1.81 bits per heavy atom. The Bertz CT molecular complexity index is 425. The van der Waals surface area contributed by atoms with Crippen molar-refractivity contribution in [2.45, 2.75) is 32.4 Å². The van der Waals surface area contributed by atoms with Crippen molar-refractivity contribution in [2.75, 3.05) is 45.4 Å². The summed E-state index contributed by atoms with van der Waals surface area (Å²) in [6.45, 7) is 6.41. The summed E-state index contributed by atoms with van der Waals surface area (Å²) in [5.74, 6) is 0. The van der Waals surface area contributed by atoms with E-state index in [0.29, 0.717) is 0 Å². The number of nitrogens with zero attached hydrogens (tertiary/aromatic N) is 1. The number of ether oxygens (including phenoxy) is 2. The standard InChI is InChI=1S/C17H28N2O2/c1-14-12-17(19(8-10-20-2)9-11-21-3)7-4-15(14)13-18-16-5-6-16/h4,7,12,16,18H,5-6,8-11,13H2,1-3H3. The third kappa shape index (κ3) is 5.30. The number of rotatable bonds is 10. The summed E-state index contributed by atoms with van der Waals surface area (Å²) in [5, 5.41) is 3.58. The fourth-order valence-electron chi connectivity index (χ4n) is 2.39. The second-order valence-electron chi connectivity index (χ2n) is 5.74. The molecule has 4 nitrogen and oxygen atoms in total. The Balaban J connectivity index is 1.99. The van der Waals surface area contributed by atoms with E-state index in [1.165, 1.54) is 29.7 Å². The van der Waals surface area contributed by atoms with E-state index in [2.05, 4.69) is 35.3 Å². The van der Waals surface area contributed by atoms with Crippen LogP contribution in [-0.2, 0) is 16.0 Å². The number of hydrogen-bond acceptors (Lipinski definition) is 4. The number of aryl methyl sites for hydroxylation is 1. The van der Waals surface area contributed by atoms with E-state index in [1.54, 1.807) is 14.2 Å². The number of methoxy groups -OCH3 is 2. The first kappa shape index (κ1) is 16.3. The topological polar surface area (TPSA) is 33.7 Å². The highest BCUT2D eigenvalue weighted by Crippen LogP contribution is 2.22. The molecule has 0 saturated heterocycles. The molecule has 0 aromatic heterocycles. The summed E-state index contributed by atoms with van der Waals surface area (Å²) in [4.78, 5) is 2.32. The van der Waals surface area contributed by atoms with Crippen molar-refractivity contribution < 1.29 is 9.47 Å². The molecular weight excluding hydrogens is 264 g/mol. The zero-order chi connectivity index (χ0) is 15.1. The molecule has 4 heteroatoms. The van der Waals surface area contributed by atoms with Crippen LogP contribution in [0.3, 0.4) is 0 Å². The lowest BCUT2D eigenvalue weighted by atomic mass is 10.1. The average molecular weight is 292 g/mol. The third-order valence-electron chi connectivity index (χ3n) is 3.98. The predicted molar refractivity (Wildman–Crippen MR) is 87.0 cm³/mol. The molecule has 0 radical (unpaired) electrons. The molecule has 1 aliphatic carbocycles. The maximum atomic E-state index is 5.21. The summed E-state index contributed by atoms with van der Waals surface area (Å²) in [5.41, 5.74) is 3.99. The highest BCUT2D eigenvalue weighted by molar-refractivity contribution is 5.51. The van der Waals surface area contributed by atoms with Gasteiger partial charge in [-0.05, 0) is 43.0 Å². The van der Waals surface area contributed by atoms with Crippen LogP contribution in [0.5, 0.6) is 0 Å². The number of benzene rings is 1. The fourth-order valence-corrected chi connectivity index (χ4v) is 2.39. The van der Waals surface area contributed by atoms with E-state index < -0.39 is 0 Å². The molecule has 0 aliphatic heterocycles. The maximum Gasteiger partial charge on any atom is 0.0637 e. The van der Waals surface area contributed by atoms with E-state index in [0.717, 1.165) is 38.9 Å². The minimum atomic E-state index is 0.730. The van der Waals surface area contributed by atoms with Gasteiger partial charge in [0.2, 0.25) is 0 Å². The highest BCUT2D eigenvalue weighted by Gasteiger charge is 2.20. The molecule has 21 heavy (non-hydrogen) atoms. The third-order valence-corrected chi connectivity index (χ3v) is 3.98. The molecule has 1 saturated carbocycles. The second kappa shape index (κ2) is 8.37. The van der Waals surface area contributed by atoms with Gasteiger partial charge in [-0.25, -0.2) is 0 Å². The predicted octanol–water partition coefficient (Wildman–Crippen LogP) is 2.35. The average Bonchev–Trinajstić information content (AvgIpc) is 3.30. The quantitative estimate of drug-likeness (QED) is 0.718. The van der Waals surface area contributed by atoms with Crippen LogP contribution in [0.2, 0.25) is 0 Å². The summed E-state index contributed by atoms with van der Waals surface area (Å²) >= 11 is 0. The number of anilines is 1. The van der Waals surface area contributed by atoms with Crippen LogP contribution in [0, 0.1) is 6.92 Å². The van der Waals surface area contributed by atoms with Gasteiger partial charge in [-0.15, -0.1) is 0 Å². The van der Waals surface area contributed by atoms with Crippen LogP contribution >= 0.6 is 0 Å². The van der Waals surface area contributed by atoms with Gasteiger partial charge in [0, 0.05) is 45.6 Å². The summed E-state index contributed by atoms with van der Waals surface area (Å²) in [7, 11) is 3.48. The highest BCUT2D eigenvalue weighted by atomic mass is 16.5. The van der Waals surface area contributed by atoms with Crippen molar-refractivity contribution in [3.63, 3.8) is 0 Å².